The van der Waals surface area contributed by atoms with E-state index in [1.54, 1.807) is 0 Å². The second-order valence-electron chi connectivity index (χ2n) is 4.43. The molecule has 23 heavy (non-hydrogen) atoms. The topological polar surface area (TPSA) is 140 Å². The first-order valence-electron chi connectivity index (χ1n) is 5.81. The van der Waals surface area contributed by atoms with Crippen LogP contribution in [0.4, 0.5) is 5.95 Å². The standard InChI is InChI=1S/C10H12ClN5O4.3Ac/c11-7-4-8(15-10(12)14-7)16(2-13-4)9-6(19)5(18)3(1-17)20-9;;;/h2-3,5-6,9,17-19H,1H2,(H2,12,14,15);;;. The van der Waals surface area contributed by atoms with E-state index >= 15 is 0 Å². The van der Waals surface area contributed by atoms with Crippen LogP contribution in [0.1, 0.15) is 6.23 Å². The van der Waals surface area contributed by atoms with E-state index in [0.29, 0.717) is 5.52 Å². The zero-order valence-corrected chi connectivity index (χ0v) is 26.8. The number of aliphatic hydroxyl groups is 3. The number of anilines is 1. The van der Waals surface area contributed by atoms with Crippen LogP contribution in [-0.2, 0) is 4.74 Å². The molecule has 2 aromatic heterocycles. The molecule has 3 rings (SSSR count). The first-order chi connectivity index (χ1) is 9.52. The smallest absolute Gasteiger partial charge is 0.223 e. The van der Waals surface area contributed by atoms with Crippen LogP contribution in [0.2, 0.25) is 5.15 Å². The number of imidazole rings is 1. The van der Waals surface area contributed by atoms with Gasteiger partial charge < -0.3 is 25.8 Å². The monoisotopic (exact) mass is 982 g/mol. The van der Waals surface area contributed by atoms with E-state index in [1.807, 2.05) is 0 Å². The van der Waals surface area contributed by atoms with Crippen molar-refractivity contribution in [3.8, 4) is 0 Å². The van der Waals surface area contributed by atoms with Crippen LogP contribution < -0.4 is 5.73 Å². The summed E-state index contributed by atoms with van der Waals surface area (Å²) in [4.78, 5) is 11.8. The minimum absolute atomic E-state index is 0. The Morgan fingerprint density at radius 2 is 1.87 bits per heavy atom. The summed E-state index contributed by atoms with van der Waals surface area (Å²) in [5, 5.41) is 28.9. The van der Waals surface area contributed by atoms with Gasteiger partial charge in [-0.05, 0) is 0 Å². The zero-order chi connectivity index (χ0) is 14.4. The third-order valence-corrected chi connectivity index (χ3v) is 3.45. The molecular formula is C10H12Ac3ClN5O4. The SMILES string of the molecule is Nc1nc(Cl)c2ncn(C3OC(CO)C(O)C3O)c2n1.[Ac].[Ac].[Ac]. The molecule has 9 nitrogen and oxygen atoms in total. The molecule has 0 bridgehead atoms. The Morgan fingerprint density at radius 1 is 1.22 bits per heavy atom. The predicted molar refractivity (Wildman–Crippen MR) is 67.8 cm³/mol. The van der Waals surface area contributed by atoms with Crippen LogP contribution in [0.25, 0.3) is 11.2 Å². The average molecular weight is 983 g/mol. The maximum Gasteiger partial charge on any atom is 0.223 e. The quantitative estimate of drug-likeness (QED) is 0.272. The Morgan fingerprint density at radius 3 is 2.43 bits per heavy atom. The Balaban J connectivity index is 0.00000161. The summed E-state index contributed by atoms with van der Waals surface area (Å²) in [6.07, 6.45) is -2.93. The molecule has 3 radical (unpaired) electrons. The van der Waals surface area contributed by atoms with Crippen LogP contribution in [-0.4, -0.2) is 59.8 Å². The molecule has 0 spiro atoms. The van der Waals surface area contributed by atoms with Gasteiger partial charge in [0.1, 0.15) is 23.8 Å². The van der Waals surface area contributed by atoms with Crippen molar-refractivity contribution >= 4 is 28.7 Å². The largest absolute Gasteiger partial charge is 0.394 e. The predicted octanol–water partition coefficient (Wildman–Crippen LogP) is -1.33. The van der Waals surface area contributed by atoms with Gasteiger partial charge in [-0.3, -0.25) is 4.57 Å². The Bertz CT molecular complexity index is 663. The molecule has 5 N–H and O–H groups in total. The molecule has 0 amide bonds. The van der Waals surface area contributed by atoms with Gasteiger partial charge in [-0.2, -0.15) is 9.97 Å². The first-order valence-corrected chi connectivity index (χ1v) is 6.18. The van der Waals surface area contributed by atoms with Crippen molar-refractivity contribution in [2.24, 2.45) is 0 Å². The van der Waals surface area contributed by atoms with Gasteiger partial charge >= 0.3 is 0 Å². The van der Waals surface area contributed by atoms with Gasteiger partial charge in [0.15, 0.2) is 17.0 Å². The first kappa shape index (κ1) is 25.8. The van der Waals surface area contributed by atoms with Gasteiger partial charge in [-0.25, -0.2) is 4.98 Å². The summed E-state index contributed by atoms with van der Waals surface area (Å²) < 4.78 is 6.79. The van der Waals surface area contributed by atoms with Crippen LogP contribution >= 0.6 is 11.6 Å². The number of hydrogen-bond acceptors (Lipinski definition) is 8. The summed E-state index contributed by atoms with van der Waals surface area (Å²) in [6, 6.07) is 0. The molecule has 1 saturated heterocycles. The van der Waals surface area contributed by atoms with Gasteiger partial charge in [0, 0.05) is 132 Å². The number of rotatable bonds is 2. The number of fused-ring (bicyclic) bond motifs is 1. The molecular weight excluding hydrogens is 971 g/mol. The zero-order valence-electron chi connectivity index (χ0n) is 11.8. The van der Waals surface area contributed by atoms with Crippen molar-refractivity contribution in [2.75, 3.05) is 12.3 Å². The number of nitrogens with two attached hydrogens (primary N) is 1. The molecule has 0 aliphatic carbocycles. The number of aliphatic hydroxyl groups excluding tert-OH is 3. The Hall–Kier alpha value is 2.80. The molecule has 1 fully saturated rings. The van der Waals surface area contributed by atoms with E-state index < -0.39 is 31.1 Å². The van der Waals surface area contributed by atoms with Crippen molar-refractivity contribution in [2.45, 2.75) is 24.5 Å². The summed E-state index contributed by atoms with van der Waals surface area (Å²) in [5.41, 5.74) is 6.11. The van der Waals surface area contributed by atoms with Gasteiger partial charge in [-0.15, -0.1) is 0 Å². The molecule has 13 heteroatoms. The normalized spacial score (nSPS) is 26.3. The second-order valence-corrected chi connectivity index (χ2v) is 4.78. The molecule has 4 atom stereocenters. The third-order valence-electron chi connectivity index (χ3n) is 3.19. The molecule has 117 valence electrons. The van der Waals surface area contributed by atoms with E-state index in [-0.39, 0.29) is 149 Å². The molecule has 3 heterocycles. The van der Waals surface area contributed by atoms with Crippen LogP contribution in [0.3, 0.4) is 0 Å². The van der Waals surface area contributed by atoms with Crippen LogP contribution in [0.15, 0.2) is 6.33 Å². The molecule has 1 aliphatic rings. The molecule has 2 aromatic rings. The van der Waals surface area contributed by atoms with E-state index in [4.69, 9.17) is 27.2 Å². The van der Waals surface area contributed by atoms with E-state index in [2.05, 4.69) is 15.0 Å². The van der Waals surface area contributed by atoms with E-state index in [1.165, 1.54) is 10.9 Å². The fourth-order valence-electron chi connectivity index (χ4n) is 2.19. The van der Waals surface area contributed by atoms with Crippen LogP contribution in [0.5, 0.6) is 0 Å². The molecule has 1 aliphatic heterocycles. The summed E-state index contributed by atoms with van der Waals surface area (Å²) in [6.45, 7) is -0.417. The molecule has 0 aromatic carbocycles. The Kier molecular flexibility index (Phi) is 12.3. The van der Waals surface area contributed by atoms with Crippen LogP contribution in [0, 0.1) is 132 Å². The minimum atomic E-state index is -1.24. The van der Waals surface area contributed by atoms with Gasteiger partial charge in [0.05, 0.1) is 12.9 Å². The van der Waals surface area contributed by atoms with Crippen molar-refractivity contribution < 1.29 is 152 Å². The maximum absolute atomic E-state index is 9.99. The van der Waals surface area contributed by atoms with Gasteiger partial charge in [0.2, 0.25) is 5.95 Å². The summed E-state index contributed by atoms with van der Waals surface area (Å²) >= 11 is 5.90. The third kappa shape index (κ3) is 5.20. The Labute approximate surface area is 243 Å². The van der Waals surface area contributed by atoms with Gasteiger partial charge in [0.25, 0.3) is 0 Å². The van der Waals surface area contributed by atoms with Gasteiger partial charge in [-0.1, -0.05) is 11.6 Å². The number of nitrogens with zero attached hydrogens (tertiary/aromatic N) is 4. The average Bonchev–Trinajstić information content (AvgIpc) is 2.93. The fourth-order valence-corrected chi connectivity index (χ4v) is 2.41. The van der Waals surface area contributed by atoms with Crippen molar-refractivity contribution in [3.05, 3.63) is 11.5 Å². The summed E-state index contributed by atoms with van der Waals surface area (Å²) in [5.74, 6) is -0.0454. The maximum atomic E-state index is 9.99. The molecule has 0 saturated carbocycles. The second kappa shape index (κ2) is 11.0. The van der Waals surface area contributed by atoms with E-state index in [9.17, 15) is 10.2 Å². The number of halogens is 1. The van der Waals surface area contributed by atoms with Crippen molar-refractivity contribution in [1.82, 2.24) is 19.5 Å². The number of hydrogen-bond donors (Lipinski definition) is 4. The number of aromatic nitrogens is 4. The number of nitrogen functional groups attached to an aromatic ring is 1. The fraction of sp³-hybridized carbons (Fsp3) is 0.500. The number of ether oxygens (including phenoxy) is 1. The van der Waals surface area contributed by atoms with Crippen molar-refractivity contribution in [1.29, 1.82) is 0 Å². The van der Waals surface area contributed by atoms with E-state index in [0.717, 1.165) is 0 Å². The molecule has 4 unspecified atom stereocenters. The summed E-state index contributed by atoms with van der Waals surface area (Å²) in [7, 11) is 0. The van der Waals surface area contributed by atoms with Crippen molar-refractivity contribution in [3.63, 3.8) is 0 Å². The minimum Gasteiger partial charge on any atom is -0.394 e.